The molecule has 1 N–H and O–H groups in total. The number of carbonyl (C=O) groups is 2. The summed E-state index contributed by atoms with van der Waals surface area (Å²) >= 11 is 0. The van der Waals surface area contributed by atoms with Crippen LogP contribution in [0.5, 0.6) is 0 Å². The van der Waals surface area contributed by atoms with Crippen molar-refractivity contribution in [2.75, 3.05) is 0 Å². The molecule has 0 heterocycles. The number of allylic oxidation sites excluding steroid dienone is 1. The van der Waals surface area contributed by atoms with Gasteiger partial charge >= 0.3 is 11.9 Å². The largest absolute Gasteiger partial charge is 0.481 e. The molecule has 4 heteroatoms. The molecule has 0 aromatic rings. The molecule has 5 rings (SSSR count). The van der Waals surface area contributed by atoms with Crippen LogP contribution in [-0.4, -0.2) is 23.1 Å². The van der Waals surface area contributed by atoms with E-state index in [1.807, 2.05) is 0 Å². The molecule has 5 aliphatic carbocycles. The molecular weight excluding hydrogens is 508 g/mol. The second kappa shape index (κ2) is 9.62. The third-order valence-corrected chi connectivity index (χ3v) is 14.7. The van der Waals surface area contributed by atoms with Crippen LogP contribution in [0, 0.1) is 74.4 Å². The molecule has 41 heavy (non-hydrogen) atoms. The Bertz CT molecular complexity index is 1160. The van der Waals surface area contributed by atoms with Gasteiger partial charge in [-0.05, 0) is 131 Å². The molecule has 0 radical (unpaired) electrons. The van der Waals surface area contributed by atoms with E-state index in [0.717, 1.165) is 32.1 Å². The van der Waals surface area contributed by atoms with E-state index < -0.39 is 11.4 Å². The summed E-state index contributed by atoms with van der Waals surface area (Å²) in [5, 5.41) is 9.52. The first kappa shape index (κ1) is 30.7. The monoisotopic (exact) mass is 564 g/mol. The Labute approximate surface area is 249 Å². The SMILES string of the molecule is C#C[C@]12CC[C@@H](C(=C)C)C1C1CCC3[C@@]4(C)CC[C@H](OC(=O)CC(C)(C)C(=O)O)C(C)(C)C4CC[C@@]3(C)[C@]1(C)CC2. The maximum atomic E-state index is 12.9. The van der Waals surface area contributed by atoms with E-state index in [4.69, 9.17) is 11.2 Å². The average molecular weight is 565 g/mol. The second-order valence-corrected chi connectivity index (χ2v) is 17.2. The summed E-state index contributed by atoms with van der Waals surface area (Å²) < 4.78 is 6.13. The van der Waals surface area contributed by atoms with Crippen LogP contribution in [-0.2, 0) is 14.3 Å². The molecule has 4 unspecified atom stereocenters. The number of carboxylic acid groups (broad SMARTS) is 1. The Balaban J connectivity index is 1.41. The molecule has 10 atom stereocenters. The molecule has 0 bridgehead atoms. The fraction of sp³-hybridized carbons (Fsp3) is 0.838. The zero-order valence-electron chi connectivity index (χ0n) is 27.2. The third-order valence-electron chi connectivity index (χ3n) is 14.7. The molecule has 0 aromatic carbocycles. The quantitative estimate of drug-likeness (QED) is 0.206. The molecular formula is C37H56O4. The van der Waals surface area contributed by atoms with Crippen molar-refractivity contribution in [3.8, 4) is 12.3 Å². The number of fused-ring (bicyclic) bond motifs is 7. The highest BCUT2D eigenvalue weighted by atomic mass is 16.5. The summed E-state index contributed by atoms with van der Waals surface area (Å²) in [6.07, 6.45) is 17.7. The summed E-state index contributed by atoms with van der Waals surface area (Å²) in [5.41, 5.74) is 0.829. The maximum Gasteiger partial charge on any atom is 0.309 e. The van der Waals surface area contributed by atoms with Crippen molar-refractivity contribution in [3.05, 3.63) is 12.2 Å². The zero-order valence-corrected chi connectivity index (χ0v) is 27.2. The van der Waals surface area contributed by atoms with Crippen LogP contribution in [0.4, 0.5) is 0 Å². The number of carboxylic acids is 1. The fourth-order valence-corrected chi connectivity index (χ4v) is 12.2. The second-order valence-electron chi connectivity index (χ2n) is 17.2. The van der Waals surface area contributed by atoms with Crippen LogP contribution in [0.3, 0.4) is 0 Å². The number of hydrogen-bond acceptors (Lipinski definition) is 3. The summed E-state index contributed by atoms with van der Waals surface area (Å²) in [6, 6.07) is 0. The normalized spacial score (nSPS) is 46.6. The lowest BCUT2D eigenvalue weighted by molar-refractivity contribution is -0.247. The van der Waals surface area contributed by atoms with Crippen LogP contribution >= 0.6 is 0 Å². The van der Waals surface area contributed by atoms with Crippen LogP contribution < -0.4 is 0 Å². The predicted octanol–water partition coefficient (Wildman–Crippen LogP) is 8.69. The van der Waals surface area contributed by atoms with E-state index in [1.54, 1.807) is 13.8 Å². The van der Waals surface area contributed by atoms with E-state index in [1.165, 1.54) is 37.7 Å². The summed E-state index contributed by atoms with van der Waals surface area (Å²) in [7, 11) is 0. The van der Waals surface area contributed by atoms with Gasteiger partial charge in [0.1, 0.15) is 6.10 Å². The summed E-state index contributed by atoms with van der Waals surface area (Å²) in [4.78, 5) is 24.6. The lowest BCUT2D eigenvalue weighted by Crippen LogP contribution is -2.66. The molecule has 228 valence electrons. The Hall–Kier alpha value is -1.76. The maximum absolute atomic E-state index is 12.9. The van der Waals surface area contributed by atoms with Gasteiger partial charge in [0.15, 0.2) is 0 Å². The number of terminal acetylenes is 1. The number of aliphatic carboxylic acids is 1. The van der Waals surface area contributed by atoms with E-state index in [-0.39, 0.29) is 45.6 Å². The summed E-state index contributed by atoms with van der Waals surface area (Å²) in [6.45, 7) is 22.4. The standard InChI is InChI=1S/C37H56O4/c1-11-37-19-14-24(23(2)3)30(37)25-12-13-27-34(8)17-16-28(41-29(38)22-32(4,5)31(39)40)33(6,7)26(34)15-18-36(27,10)35(25,9)20-21-37/h1,24-28,30H,2,12-22H2,3-10H3,(H,39,40)/t24-,25?,26?,27?,28-,30?,34-,35+,36+,37+/m0/s1. The summed E-state index contributed by atoms with van der Waals surface area (Å²) in [5.74, 6) is 4.92. The third kappa shape index (κ3) is 4.21. The number of rotatable bonds is 5. The highest BCUT2D eigenvalue weighted by Gasteiger charge is 2.71. The lowest BCUT2D eigenvalue weighted by atomic mass is 9.32. The van der Waals surface area contributed by atoms with Crippen molar-refractivity contribution in [3.63, 3.8) is 0 Å². The highest BCUT2D eigenvalue weighted by molar-refractivity contribution is 5.81. The van der Waals surface area contributed by atoms with E-state index in [2.05, 4.69) is 54.0 Å². The van der Waals surface area contributed by atoms with Crippen LogP contribution in [0.1, 0.15) is 126 Å². The first-order chi connectivity index (χ1) is 18.9. The highest BCUT2D eigenvalue weighted by Crippen LogP contribution is 2.77. The van der Waals surface area contributed by atoms with Crippen molar-refractivity contribution < 1.29 is 19.4 Å². The Morgan fingerprint density at radius 1 is 0.927 bits per heavy atom. The molecule has 5 aliphatic rings. The van der Waals surface area contributed by atoms with E-state index >= 15 is 0 Å². The van der Waals surface area contributed by atoms with Gasteiger partial charge < -0.3 is 9.84 Å². The van der Waals surface area contributed by atoms with Crippen molar-refractivity contribution in [1.82, 2.24) is 0 Å². The van der Waals surface area contributed by atoms with Crippen molar-refractivity contribution in [2.45, 2.75) is 132 Å². The number of hydrogen-bond donors (Lipinski definition) is 1. The fourth-order valence-electron chi connectivity index (χ4n) is 12.2. The van der Waals surface area contributed by atoms with Gasteiger partial charge in [0.25, 0.3) is 0 Å². The van der Waals surface area contributed by atoms with Crippen LogP contribution in [0.15, 0.2) is 12.2 Å². The Kier molecular flexibility index (Phi) is 7.20. The van der Waals surface area contributed by atoms with E-state index in [9.17, 15) is 14.7 Å². The van der Waals surface area contributed by atoms with E-state index in [0.29, 0.717) is 29.6 Å². The minimum Gasteiger partial charge on any atom is -0.481 e. The Morgan fingerprint density at radius 2 is 1.61 bits per heavy atom. The topological polar surface area (TPSA) is 63.6 Å². The number of ether oxygens (including phenoxy) is 1. The first-order valence-electron chi connectivity index (χ1n) is 16.5. The molecule has 0 spiro atoms. The molecule has 5 saturated carbocycles. The van der Waals surface area contributed by atoms with Gasteiger partial charge in [-0.2, -0.15) is 0 Å². The molecule has 4 nitrogen and oxygen atoms in total. The molecule has 5 fully saturated rings. The molecule has 0 aromatic heterocycles. The van der Waals surface area contributed by atoms with Gasteiger partial charge in [0, 0.05) is 10.8 Å². The van der Waals surface area contributed by atoms with Crippen molar-refractivity contribution >= 4 is 11.9 Å². The molecule has 0 amide bonds. The minimum atomic E-state index is -1.12. The van der Waals surface area contributed by atoms with Crippen molar-refractivity contribution in [2.24, 2.45) is 62.1 Å². The molecule has 0 saturated heterocycles. The molecule has 0 aliphatic heterocycles. The smallest absolute Gasteiger partial charge is 0.309 e. The number of carbonyl (C=O) groups excluding carboxylic acids is 1. The Morgan fingerprint density at radius 3 is 2.22 bits per heavy atom. The predicted molar refractivity (Wildman–Crippen MR) is 164 cm³/mol. The van der Waals surface area contributed by atoms with Gasteiger partial charge in [-0.3, -0.25) is 9.59 Å². The van der Waals surface area contributed by atoms with Crippen LogP contribution in [0.2, 0.25) is 0 Å². The van der Waals surface area contributed by atoms with Gasteiger partial charge in [-0.1, -0.05) is 52.7 Å². The first-order valence-corrected chi connectivity index (χ1v) is 16.5. The van der Waals surface area contributed by atoms with Gasteiger partial charge in [0.2, 0.25) is 0 Å². The van der Waals surface area contributed by atoms with Gasteiger partial charge in [-0.25, -0.2) is 0 Å². The average Bonchev–Trinajstić information content (AvgIpc) is 3.26. The van der Waals surface area contributed by atoms with Crippen LogP contribution in [0.25, 0.3) is 0 Å². The lowest BCUT2D eigenvalue weighted by Gasteiger charge is -2.72. The minimum absolute atomic E-state index is 0.0528. The van der Waals surface area contributed by atoms with Crippen molar-refractivity contribution in [1.29, 1.82) is 0 Å². The number of esters is 1. The van der Waals surface area contributed by atoms with Gasteiger partial charge in [0.05, 0.1) is 11.8 Å². The zero-order chi connectivity index (χ0) is 30.4. The van der Waals surface area contributed by atoms with Gasteiger partial charge in [-0.15, -0.1) is 6.42 Å².